The van der Waals surface area contributed by atoms with E-state index in [1.807, 2.05) is 0 Å². The third-order valence-electron chi connectivity index (χ3n) is 2.59. The number of aliphatic carboxylic acids is 1. The number of aromatic nitrogens is 1. The van der Waals surface area contributed by atoms with Crippen molar-refractivity contribution in [2.75, 3.05) is 11.9 Å². The zero-order valence-electron chi connectivity index (χ0n) is 9.60. The molecule has 100 valence electrons. The smallest absolute Gasteiger partial charge is 0.328 e. The van der Waals surface area contributed by atoms with Crippen LogP contribution in [0.15, 0.2) is 24.4 Å². The van der Waals surface area contributed by atoms with Crippen molar-refractivity contribution < 1.29 is 23.8 Å². The van der Waals surface area contributed by atoms with E-state index < -0.39 is 30.3 Å². The number of fused-ring (bicyclic) bond motifs is 1. The normalized spacial score (nSPS) is 12.4. The van der Waals surface area contributed by atoms with Crippen molar-refractivity contribution in [3.8, 4) is 0 Å². The fourth-order valence-electron chi connectivity index (χ4n) is 1.67. The third kappa shape index (κ3) is 2.60. The van der Waals surface area contributed by atoms with Gasteiger partial charge in [0.15, 0.2) is 0 Å². The Balaban J connectivity index is 2.52. The molecule has 3 N–H and O–H groups in total. The van der Waals surface area contributed by atoms with Crippen LogP contribution in [-0.4, -0.2) is 33.8 Å². The number of carboxylic acid groups (broad SMARTS) is 1. The number of hydrogen-bond donors (Lipinski definition) is 3. The molecule has 0 fully saturated rings. The minimum Gasteiger partial charge on any atom is -0.480 e. The molecule has 0 aliphatic heterocycles. The van der Waals surface area contributed by atoms with E-state index in [2.05, 4.69) is 10.3 Å². The Morgan fingerprint density at radius 1 is 1.37 bits per heavy atom. The van der Waals surface area contributed by atoms with Crippen LogP contribution in [0.25, 0.3) is 10.8 Å². The summed E-state index contributed by atoms with van der Waals surface area (Å²) < 4.78 is 26.7. The van der Waals surface area contributed by atoms with E-state index in [1.54, 1.807) is 0 Å². The van der Waals surface area contributed by atoms with Gasteiger partial charge < -0.3 is 15.5 Å². The lowest BCUT2D eigenvalue weighted by Gasteiger charge is -2.14. The second-order valence-electron chi connectivity index (χ2n) is 3.86. The van der Waals surface area contributed by atoms with Crippen LogP contribution in [0.1, 0.15) is 0 Å². The maximum Gasteiger partial charge on any atom is 0.328 e. The molecule has 0 aliphatic carbocycles. The molecule has 2 aromatic rings. The van der Waals surface area contributed by atoms with Crippen molar-refractivity contribution in [2.24, 2.45) is 0 Å². The van der Waals surface area contributed by atoms with Gasteiger partial charge in [-0.25, -0.2) is 18.6 Å². The van der Waals surface area contributed by atoms with Crippen LogP contribution in [0.3, 0.4) is 0 Å². The molecule has 5 nitrogen and oxygen atoms in total. The molecule has 0 bridgehead atoms. The zero-order chi connectivity index (χ0) is 14.0. The molecule has 0 aliphatic rings. The highest BCUT2D eigenvalue weighted by molar-refractivity contribution is 5.93. The zero-order valence-corrected chi connectivity index (χ0v) is 9.60. The molecule has 1 aromatic heterocycles. The molecule has 0 saturated heterocycles. The number of aliphatic hydroxyl groups excluding tert-OH is 1. The molecule has 0 spiro atoms. The van der Waals surface area contributed by atoms with Gasteiger partial charge in [0.25, 0.3) is 0 Å². The van der Waals surface area contributed by atoms with Gasteiger partial charge in [-0.1, -0.05) is 0 Å². The number of pyridine rings is 1. The number of aliphatic hydroxyl groups is 1. The van der Waals surface area contributed by atoms with E-state index in [0.717, 1.165) is 12.1 Å². The summed E-state index contributed by atoms with van der Waals surface area (Å²) in [6.07, 6.45) is 1.27. The van der Waals surface area contributed by atoms with Crippen molar-refractivity contribution in [3.63, 3.8) is 0 Å². The molecular weight excluding hydrogens is 258 g/mol. The first-order valence-electron chi connectivity index (χ1n) is 5.37. The number of benzene rings is 1. The Bertz CT molecular complexity index is 634. The molecule has 1 heterocycles. The van der Waals surface area contributed by atoms with Crippen molar-refractivity contribution in [1.29, 1.82) is 0 Å². The standard InChI is InChI=1S/C12H10F2N2O3/c13-6-3-8-7(9(14)4-6)1-2-15-11(8)16-10(5-17)12(18)19/h1-4,10,17H,5H2,(H,15,16)(H,18,19). The van der Waals surface area contributed by atoms with Crippen LogP contribution >= 0.6 is 0 Å². The van der Waals surface area contributed by atoms with Gasteiger partial charge in [-0.3, -0.25) is 0 Å². The van der Waals surface area contributed by atoms with Gasteiger partial charge >= 0.3 is 5.97 Å². The van der Waals surface area contributed by atoms with Crippen LogP contribution in [0.4, 0.5) is 14.6 Å². The van der Waals surface area contributed by atoms with Crippen LogP contribution in [0, 0.1) is 11.6 Å². The van der Waals surface area contributed by atoms with Crippen molar-refractivity contribution in [3.05, 3.63) is 36.0 Å². The van der Waals surface area contributed by atoms with Crippen LogP contribution < -0.4 is 5.32 Å². The molecule has 0 saturated carbocycles. The van der Waals surface area contributed by atoms with Crippen LogP contribution in [-0.2, 0) is 4.79 Å². The molecule has 0 radical (unpaired) electrons. The molecule has 7 heteroatoms. The highest BCUT2D eigenvalue weighted by Crippen LogP contribution is 2.25. The number of hydrogen-bond acceptors (Lipinski definition) is 4. The van der Waals surface area contributed by atoms with Crippen LogP contribution in [0.2, 0.25) is 0 Å². The summed E-state index contributed by atoms with van der Waals surface area (Å²) in [5.74, 6) is -2.86. The number of carbonyl (C=O) groups is 1. The Kier molecular flexibility index (Phi) is 3.57. The van der Waals surface area contributed by atoms with Gasteiger partial charge in [0.2, 0.25) is 0 Å². The molecule has 1 unspecified atom stereocenters. The monoisotopic (exact) mass is 268 g/mol. The predicted molar refractivity (Wildman–Crippen MR) is 63.8 cm³/mol. The van der Waals surface area contributed by atoms with Crippen molar-refractivity contribution >= 4 is 22.6 Å². The fourth-order valence-corrected chi connectivity index (χ4v) is 1.67. The first kappa shape index (κ1) is 13.2. The number of rotatable bonds is 4. The largest absolute Gasteiger partial charge is 0.480 e. The number of anilines is 1. The lowest BCUT2D eigenvalue weighted by molar-refractivity contribution is -0.138. The summed E-state index contributed by atoms with van der Waals surface area (Å²) in [6, 6.07) is 1.82. The topological polar surface area (TPSA) is 82.5 Å². The molecule has 1 atom stereocenters. The Hall–Kier alpha value is -2.28. The average Bonchev–Trinajstić information content (AvgIpc) is 2.35. The summed E-state index contributed by atoms with van der Waals surface area (Å²) in [5, 5.41) is 20.4. The maximum atomic E-state index is 13.5. The second-order valence-corrected chi connectivity index (χ2v) is 3.86. The second kappa shape index (κ2) is 5.15. The van der Waals surface area contributed by atoms with E-state index in [0.29, 0.717) is 0 Å². The minimum atomic E-state index is -1.30. The van der Waals surface area contributed by atoms with E-state index in [9.17, 15) is 13.6 Å². The lowest BCUT2D eigenvalue weighted by Crippen LogP contribution is -2.33. The summed E-state index contributed by atoms with van der Waals surface area (Å²) in [6.45, 7) is -0.675. The number of nitrogens with one attached hydrogen (secondary N) is 1. The quantitative estimate of drug-likeness (QED) is 0.780. The lowest BCUT2D eigenvalue weighted by atomic mass is 10.1. The highest BCUT2D eigenvalue weighted by atomic mass is 19.1. The van der Waals surface area contributed by atoms with Gasteiger partial charge in [0, 0.05) is 23.0 Å². The van der Waals surface area contributed by atoms with E-state index in [1.165, 1.54) is 12.3 Å². The van der Waals surface area contributed by atoms with Crippen molar-refractivity contribution in [1.82, 2.24) is 4.98 Å². The number of nitrogens with zero attached hydrogens (tertiary/aromatic N) is 1. The SMILES string of the molecule is O=C(O)C(CO)Nc1nccc2c(F)cc(F)cc12. The van der Waals surface area contributed by atoms with Gasteiger partial charge in [-0.2, -0.15) is 0 Å². The van der Waals surface area contributed by atoms with E-state index >= 15 is 0 Å². The van der Waals surface area contributed by atoms with Crippen molar-refractivity contribution in [2.45, 2.75) is 6.04 Å². The minimum absolute atomic E-state index is 0.00245. The summed E-state index contributed by atoms with van der Waals surface area (Å²) in [5.41, 5.74) is 0. The van der Waals surface area contributed by atoms with E-state index in [-0.39, 0.29) is 16.6 Å². The molecule has 19 heavy (non-hydrogen) atoms. The molecular formula is C12H10F2N2O3. The van der Waals surface area contributed by atoms with Gasteiger partial charge in [-0.05, 0) is 12.1 Å². The molecule has 1 aromatic carbocycles. The highest BCUT2D eigenvalue weighted by Gasteiger charge is 2.18. The third-order valence-corrected chi connectivity index (χ3v) is 2.59. The maximum absolute atomic E-state index is 13.5. The number of halogens is 2. The first-order valence-corrected chi connectivity index (χ1v) is 5.37. The van der Waals surface area contributed by atoms with E-state index in [4.69, 9.17) is 10.2 Å². The Labute approximate surface area is 106 Å². The average molecular weight is 268 g/mol. The van der Waals surface area contributed by atoms with Gasteiger partial charge in [0.05, 0.1) is 6.61 Å². The fraction of sp³-hybridized carbons (Fsp3) is 0.167. The summed E-state index contributed by atoms with van der Waals surface area (Å²) >= 11 is 0. The Morgan fingerprint density at radius 2 is 2.11 bits per heavy atom. The Morgan fingerprint density at radius 3 is 2.74 bits per heavy atom. The van der Waals surface area contributed by atoms with Gasteiger partial charge in [0.1, 0.15) is 23.5 Å². The molecule has 2 rings (SSSR count). The summed E-state index contributed by atoms with van der Waals surface area (Å²) in [7, 11) is 0. The van der Waals surface area contributed by atoms with Gasteiger partial charge in [-0.15, -0.1) is 0 Å². The molecule has 0 amide bonds. The predicted octanol–water partition coefficient (Wildman–Crippen LogP) is 1.37. The van der Waals surface area contributed by atoms with Crippen LogP contribution in [0.5, 0.6) is 0 Å². The first-order chi connectivity index (χ1) is 9.02. The number of carboxylic acids is 1. The summed E-state index contributed by atoms with van der Waals surface area (Å²) in [4.78, 5) is 14.6.